The fourth-order valence-corrected chi connectivity index (χ4v) is 2.24. The van der Waals surface area contributed by atoms with Crippen LogP contribution in [0.3, 0.4) is 0 Å². The van der Waals surface area contributed by atoms with Crippen molar-refractivity contribution in [2.45, 2.75) is 12.8 Å². The number of nitrogen functional groups attached to an aromatic ring is 1. The lowest BCUT2D eigenvalue weighted by atomic mass is 9.99. The summed E-state index contributed by atoms with van der Waals surface area (Å²) in [5, 5.41) is 12.5. The molecule has 0 spiro atoms. The largest absolute Gasteiger partial charge is 0.493 e. The second-order valence-electron chi connectivity index (χ2n) is 4.35. The molecule has 0 radical (unpaired) electrons. The Balaban J connectivity index is 2.12. The first-order valence-electron chi connectivity index (χ1n) is 5.91. The Hall–Kier alpha value is -2.50. The van der Waals surface area contributed by atoms with Gasteiger partial charge in [-0.05, 0) is 36.1 Å². The molecule has 2 aromatic rings. The lowest BCUT2D eigenvalue weighted by molar-refractivity contribution is 0.0686. The molecule has 98 valence electrons. The van der Waals surface area contributed by atoms with Crippen LogP contribution >= 0.6 is 0 Å². The van der Waals surface area contributed by atoms with Crippen LogP contribution < -0.4 is 10.5 Å². The maximum Gasteiger partial charge on any atom is 0.358 e. The number of rotatable bonds is 2. The molecule has 3 N–H and O–H groups in total. The number of carboxylic acids is 1. The molecular weight excluding hydrogens is 248 g/mol. The molecule has 0 amide bonds. The third-order valence-corrected chi connectivity index (χ3v) is 3.12. The van der Waals surface area contributed by atoms with Gasteiger partial charge in [0.25, 0.3) is 0 Å². The maximum atomic E-state index is 11.1. The van der Waals surface area contributed by atoms with E-state index in [1.165, 1.54) is 0 Å². The van der Waals surface area contributed by atoms with Crippen LogP contribution in [0.5, 0.6) is 5.75 Å². The summed E-state index contributed by atoms with van der Waals surface area (Å²) in [6.45, 7) is 0.710. The van der Waals surface area contributed by atoms with Gasteiger partial charge in [-0.1, -0.05) is 11.2 Å². The first-order valence-corrected chi connectivity index (χ1v) is 5.91. The number of fused-ring (bicyclic) bond motifs is 1. The van der Waals surface area contributed by atoms with E-state index in [0.29, 0.717) is 17.7 Å². The van der Waals surface area contributed by atoms with E-state index in [1.807, 2.05) is 12.1 Å². The van der Waals surface area contributed by atoms with Crippen molar-refractivity contribution in [3.05, 3.63) is 29.5 Å². The number of carbonyl (C=O) groups is 1. The Labute approximate surface area is 108 Å². The van der Waals surface area contributed by atoms with Gasteiger partial charge in [-0.2, -0.15) is 0 Å². The van der Waals surface area contributed by atoms with Crippen molar-refractivity contribution < 1.29 is 19.2 Å². The number of aromatic nitrogens is 1. The van der Waals surface area contributed by atoms with Crippen LogP contribution in [0.25, 0.3) is 11.1 Å². The average Bonchev–Trinajstić information content (AvgIpc) is 2.80. The van der Waals surface area contributed by atoms with Crippen molar-refractivity contribution in [2.75, 3.05) is 12.3 Å². The quantitative estimate of drug-likeness (QED) is 0.856. The van der Waals surface area contributed by atoms with E-state index >= 15 is 0 Å². The molecule has 0 bridgehead atoms. The van der Waals surface area contributed by atoms with Crippen LogP contribution in [0.2, 0.25) is 0 Å². The second kappa shape index (κ2) is 4.31. The summed E-state index contributed by atoms with van der Waals surface area (Å²) in [5.41, 5.74) is 7.53. The van der Waals surface area contributed by atoms with Gasteiger partial charge >= 0.3 is 5.97 Å². The lowest BCUT2D eigenvalue weighted by Gasteiger charge is -2.17. The minimum atomic E-state index is -1.16. The van der Waals surface area contributed by atoms with Crippen LogP contribution in [-0.4, -0.2) is 22.8 Å². The van der Waals surface area contributed by atoms with Crippen molar-refractivity contribution in [1.82, 2.24) is 5.16 Å². The molecule has 0 atom stereocenters. The third kappa shape index (κ3) is 1.91. The van der Waals surface area contributed by atoms with E-state index in [9.17, 15) is 4.79 Å². The summed E-state index contributed by atoms with van der Waals surface area (Å²) in [6.07, 6.45) is 1.85. The number of ether oxygens (including phenoxy) is 1. The molecular formula is C13H12N2O4. The fourth-order valence-electron chi connectivity index (χ4n) is 2.24. The maximum absolute atomic E-state index is 11.1. The molecule has 6 heteroatoms. The smallest absolute Gasteiger partial charge is 0.358 e. The topological polar surface area (TPSA) is 98.6 Å². The highest BCUT2D eigenvalue weighted by Gasteiger charge is 2.22. The summed E-state index contributed by atoms with van der Waals surface area (Å²) in [5.74, 6) is -0.319. The standard InChI is InChI=1S/C13H12N2O4/c14-12-10(11(13(16)17)15-19-12)8-3-4-9-7(6-8)2-1-5-18-9/h3-4,6H,1-2,5,14H2,(H,16,17). The Morgan fingerprint density at radius 1 is 1.42 bits per heavy atom. The number of anilines is 1. The summed E-state index contributed by atoms with van der Waals surface area (Å²) in [7, 11) is 0. The molecule has 1 aromatic heterocycles. The van der Waals surface area contributed by atoms with Gasteiger partial charge in [0, 0.05) is 0 Å². The molecule has 6 nitrogen and oxygen atoms in total. The highest BCUT2D eigenvalue weighted by molar-refractivity contribution is 5.96. The summed E-state index contributed by atoms with van der Waals surface area (Å²) in [6, 6.07) is 5.46. The van der Waals surface area contributed by atoms with Gasteiger partial charge in [0.05, 0.1) is 12.2 Å². The van der Waals surface area contributed by atoms with E-state index in [4.69, 9.17) is 20.1 Å². The molecule has 19 heavy (non-hydrogen) atoms. The number of benzene rings is 1. The van der Waals surface area contributed by atoms with Crippen LogP contribution in [0.1, 0.15) is 22.5 Å². The SMILES string of the molecule is Nc1onc(C(=O)O)c1-c1ccc2c(c1)CCCO2. The van der Waals surface area contributed by atoms with Crippen molar-refractivity contribution >= 4 is 11.9 Å². The van der Waals surface area contributed by atoms with Crippen molar-refractivity contribution in [3.8, 4) is 16.9 Å². The Bertz CT molecular complexity index is 648. The Morgan fingerprint density at radius 2 is 2.26 bits per heavy atom. The predicted octanol–water partition coefficient (Wildman–Crippen LogP) is 1.95. The van der Waals surface area contributed by atoms with Gasteiger partial charge < -0.3 is 20.1 Å². The first-order chi connectivity index (χ1) is 9.16. The van der Waals surface area contributed by atoms with Gasteiger partial charge in [0.15, 0.2) is 0 Å². The van der Waals surface area contributed by atoms with Crippen LogP contribution in [0.4, 0.5) is 5.88 Å². The van der Waals surface area contributed by atoms with Gasteiger partial charge in [0.1, 0.15) is 5.75 Å². The van der Waals surface area contributed by atoms with Crippen LogP contribution in [-0.2, 0) is 6.42 Å². The number of carboxylic acid groups (broad SMARTS) is 1. The van der Waals surface area contributed by atoms with Crippen molar-refractivity contribution in [1.29, 1.82) is 0 Å². The zero-order valence-electron chi connectivity index (χ0n) is 10.0. The van der Waals surface area contributed by atoms with Gasteiger partial charge in [-0.15, -0.1) is 0 Å². The van der Waals surface area contributed by atoms with Crippen LogP contribution in [0, 0.1) is 0 Å². The van der Waals surface area contributed by atoms with Crippen molar-refractivity contribution in [3.63, 3.8) is 0 Å². The van der Waals surface area contributed by atoms with Gasteiger partial charge in [0.2, 0.25) is 11.6 Å². The number of hydrogen-bond acceptors (Lipinski definition) is 5. The van der Waals surface area contributed by atoms with E-state index in [2.05, 4.69) is 5.16 Å². The predicted molar refractivity (Wildman–Crippen MR) is 67.1 cm³/mol. The number of aromatic carboxylic acids is 1. The molecule has 0 saturated carbocycles. The molecule has 0 unspecified atom stereocenters. The first kappa shape index (κ1) is 11.6. The van der Waals surface area contributed by atoms with E-state index in [1.54, 1.807) is 6.07 Å². The molecule has 1 aromatic carbocycles. The molecule has 1 aliphatic heterocycles. The van der Waals surface area contributed by atoms with E-state index in [0.717, 1.165) is 24.2 Å². The monoisotopic (exact) mass is 260 g/mol. The number of hydrogen-bond donors (Lipinski definition) is 2. The van der Waals surface area contributed by atoms with Gasteiger partial charge in [-0.25, -0.2) is 4.79 Å². The highest BCUT2D eigenvalue weighted by atomic mass is 16.5. The molecule has 0 saturated heterocycles. The van der Waals surface area contributed by atoms with E-state index < -0.39 is 5.97 Å². The minimum Gasteiger partial charge on any atom is -0.493 e. The number of nitrogens with zero attached hydrogens (tertiary/aromatic N) is 1. The zero-order chi connectivity index (χ0) is 13.4. The second-order valence-corrected chi connectivity index (χ2v) is 4.35. The Kier molecular flexibility index (Phi) is 2.63. The lowest BCUT2D eigenvalue weighted by Crippen LogP contribution is -2.08. The van der Waals surface area contributed by atoms with Gasteiger partial charge in [-0.3, -0.25) is 0 Å². The molecule has 2 heterocycles. The number of aryl methyl sites for hydroxylation is 1. The zero-order valence-corrected chi connectivity index (χ0v) is 10.0. The summed E-state index contributed by atoms with van der Waals surface area (Å²) < 4.78 is 10.3. The normalized spacial score (nSPS) is 13.7. The van der Waals surface area contributed by atoms with Crippen molar-refractivity contribution in [2.24, 2.45) is 0 Å². The molecule has 0 fully saturated rings. The molecule has 1 aliphatic rings. The van der Waals surface area contributed by atoms with E-state index in [-0.39, 0.29) is 11.6 Å². The summed E-state index contributed by atoms with van der Waals surface area (Å²) >= 11 is 0. The minimum absolute atomic E-state index is 0.00841. The average molecular weight is 260 g/mol. The summed E-state index contributed by atoms with van der Waals surface area (Å²) in [4.78, 5) is 11.1. The van der Waals surface area contributed by atoms with Crippen LogP contribution in [0.15, 0.2) is 22.7 Å². The molecule has 0 aliphatic carbocycles. The fraction of sp³-hybridized carbons (Fsp3) is 0.231. The Morgan fingerprint density at radius 3 is 3.05 bits per heavy atom. The highest BCUT2D eigenvalue weighted by Crippen LogP contribution is 2.34. The third-order valence-electron chi connectivity index (χ3n) is 3.12. The number of nitrogens with two attached hydrogens (primary N) is 1. The molecule has 3 rings (SSSR count).